The van der Waals surface area contributed by atoms with Gasteiger partial charge in [0.1, 0.15) is 5.75 Å². The summed E-state index contributed by atoms with van der Waals surface area (Å²) >= 11 is 0. The molecule has 2 unspecified atom stereocenters. The van der Waals surface area contributed by atoms with Gasteiger partial charge in [-0.1, -0.05) is 12.1 Å². The first kappa shape index (κ1) is 14.7. The quantitative estimate of drug-likeness (QED) is 0.930. The van der Waals surface area contributed by atoms with Crippen LogP contribution in [-0.2, 0) is 0 Å². The molecule has 2 fully saturated rings. The summed E-state index contributed by atoms with van der Waals surface area (Å²) in [7, 11) is 0. The minimum absolute atomic E-state index is 0.119. The number of nitrogens with zero attached hydrogens (tertiary/aromatic N) is 1. The van der Waals surface area contributed by atoms with Gasteiger partial charge in [0.2, 0.25) is 0 Å². The first-order chi connectivity index (χ1) is 9.93. The molecule has 3 rings (SSSR count). The molecule has 0 spiro atoms. The highest BCUT2D eigenvalue weighted by Crippen LogP contribution is 2.48. The number of fused-ring (bicyclic) bond motifs is 1. The molecule has 6 heteroatoms. The molecule has 0 amide bonds. The topological polar surface area (TPSA) is 32.7 Å². The molecule has 1 N–H and O–H groups in total. The second kappa shape index (κ2) is 5.18. The van der Waals surface area contributed by atoms with Crippen LogP contribution in [0.4, 0.5) is 13.2 Å². The van der Waals surface area contributed by atoms with Gasteiger partial charge >= 0.3 is 6.36 Å². The van der Waals surface area contributed by atoms with Crippen molar-refractivity contribution in [2.75, 3.05) is 13.2 Å². The normalized spacial score (nSPS) is 29.6. The largest absolute Gasteiger partial charge is 0.573 e. The first-order valence-electron chi connectivity index (χ1n) is 7.17. The molecular formula is C15H18F3NO2. The minimum atomic E-state index is -4.66. The van der Waals surface area contributed by atoms with Gasteiger partial charge in [0, 0.05) is 11.6 Å². The van der Waals surface area contributed by atoms with E-state index in [4.69, 9.17) is 0 Å². The second-order valence-corrected chi connectivity index (χ2v) is 5.85. The van der Waals surface area contributed by atoms with Crippen LogP contribution in [0.2, 0.25) is 0 Å². The number of alkyl halides is 3. The fourth-order valence-corrected chi connectivity index (χ4v) is 3.76. The molecule has 21 heavy (non-hydrogen) atoms. The van der Waals surface area contributed by atoms with Gasteiger partial charge in [0.25, 0.3) is 0 Å². The molecule has 1 aromatic carbocycles. The highest BCUT2D eigenvalue weighted by molar-refractivity contribution is 5.31. The van der Waals surface area contributed by atoms with Crippen LogP contribution < -0.4 is 4.74 Å². The number of aliphatic hydroxyl groups excluding tert-OH is 1. The van der Waals surface area contributed by atoms with Crippen molar-refractivity contribution in [3.8, 4) is 5.75 Å². The van der Waals surface area contributed by atoms with Gasteiger partial charge in [-0.3, -0.25) is 4.90 Å². The van der Waals surface area contributed by atoms with Crippen LogP contribution in [0.3, 0.4) is 0 Å². The molecule has 116 valence electrons. The van der Waals surface area contributed by atoms with E-state index in [0.29, 0.717) is 0 Å². The summed E-state index contributed by atoms with van der Waals surface area (Å²) in [6, 6.07) is 6.28. The maximum atomic E-state index is 12.2. The maximum absolute atomic E-state index is 12.2. The molecule has 2 aliphatic heterocycles. The Kier molecular flexibility index (Phi) is 3.61. The van der Waals surface area contributed by atoms with Gasteiger partial charge in [0.05, 0.1) is 6.61 Å². The molecule has 2 aliphatic rings. The van der Waals surface area contributed by atoms with E-state index >= 15 is 0 Å². The summed E-state index contributed by atoms with van der Waals surface area (Å²) in [6.45, 7) is 1.09. The van der Waals surface area contributed by atoms with E-state index in [0.717, 1.165) is 37.8 Å². The van der Waals surface area contributed by atoms with Crippen molar-refractivity contribution in [2.24, 2.45) is 0 Å². The third-order valence-corrected chi connectivity index (χ3v) is 4.70. The van der Waals surface area contributed by atoms with E-state index < -0.39 is 6.36 Å². The number of halogens is 3. The summed E-state index contributed by atoms with van der Waals surface area (Å²) < 4.78 is 40.4. The smallest absolute Gasteiger partial charge is 0.406 e. The second-order valence-electron chi connectivity index (χ2n) is 5.85. The molecule has 3 nitrogen and oxygen atoms in total. The van der Waals surface area contributed by atoms with Gasteiger partial charge in [-0.05, 0) is 49.9 Å². The fourth-order valence-electron chi connectivity index (χ4n) is 3.76. The van der Waals surface area contributed by atoms with E-state index in [1.54, 1.807) is 12.1 Å². The summed E-state index contributed by atoms with van der Waals surface area (Å²) in [5.41, 5.74) is 0.868. The van der Waals surface area contributed by atoms with Crippen LogP contribution in [0, 0.1) is 0 Å². The number of rotatable bonds is 3. The summed E-state index contributed by atoms with van der Waals surface area (Å²) in [5, 5.41) is 9.68. The summed E-state index contributed by atoms with van der Waals surface area (Å²) in [4.78, 5) is 2.31. The Morgan fingerprint density at radius 1 is 1.24 bits per heavy atom. The van der Waals surface area contributed by atoms with E-state index in [-0.39, 0.29) is 23.9 Å². The van der Waals surface area contributed by atoms with Crippen LogP contribution in [0.1, 0.15) is 37.3 Å². The van der Waals surface area contributed by atoms with E-state index in [1.165, 1.54) is 12.1 Å². The third-order valence-electron chi connectivity index (χ3n) is 4.70. The predicted molar refractivity (Wildman–Crippen MR) is 70.9 cm³/mol. The molecular weight excluding hydrogens is 283 g/mol. The minimum Gasteiger partial charge on any atom is -0.406 e. The van der Waals surface area contributed by atoms with Gasteiger partial charge in [-0.15, -0.1) is 13.2 Å². The van der Waals surface area contributed by atoms with Crippen LogP contribution in [0.15, 0.2) is 24.3 Å². The SMILES string of the molecule is OCC12CCCN1C(c1ccc(OC(F)(F)F)cc1)CC2. The van der Waals surface area contributed by atoms with Crippen molar-refractivity contribution < 1.29 is 23.0 Å². The van der Waals surface area contributed by atoms with Crippen molar-refractivity contribution in [1.29, 1.82) is 0 Å². The van der Waals surface area contributed by atoms with Crippen molar-refractivity contribution >= 4 is 0 Å². The van der Waals surface area contributed by atoms with Crippen molar-refractivity contribution in [3.05, 3.63) is 29.8 Å². The Morgan fingerprint density at radius 2 is 1.95 bits per heavy atom. The molecule has 0 bridgehead atoms. The maximum Gasteiger partial charge on any atom is 0.573 e. The van der Waals surface area contributed by atoms with E-state index in [2.05, 4.69) is 9.64 Å². The standard InChI is InChI=1S/C15H18F3NO2/c16-15(17,18)21-12-4-2-11(3-5-12)13-6-8-14(10-20)7-1-9-19(13)14/h2-5,13,20H,1,6-10H2. The molecule has 0 aliphatic carbocycles. The number of hydrogen-bond acceptors (Lipinski definition) is 3. The lowest BCUT2D eigenvalue weighted by molar-refractivity contribution is -0.274. The lowest BCUT2D eigenvalue weighted by Gasteiger charge is -2.33. The monoisotopic (exact) mass is 301 g/mol. The first-order valence-corrected chi connectivity index (χ1v) is 7.17. The zero-order valence-corrected chi connectivity index (χ0v) is 11.6. The highest BCUT2D eigenvalue weighted by atomic mass is 19.4. The molecule has 2 saturated heterocycles. The average Bonchev–Trinajstić information content (AvgIpc) is 2.96. The van der Waals surface area contributed by atoms with E-state index in [9.17, 15) is 18.3 Å². The summed E-state index contributed by atoms with van der Waals surface area (Å²) in [6.07, 6.45) is -0.730. The Labute approximate surface area is 121 Å². The van der Waals surface area contributed by atoms with E-state index in [1.807, 2.05) is 0 Å². The zero-order chi connectivity index (χ0) is 15.1. The average molecular weight is 301 g/mol. The molecule has 2 heterocycles. The molecule has 0 saturated carbocycles. The van der Waals surface area contributed by atoms with Gasteiger partial charge in [-0.2, -0.15) is 0 Å². The molecule has 1 aromatic rings. The zero-order valence-electron chi connectivity index (χ0n) is 11.6. The highest BCUT2D eigenvalue weighted by Gasteiger charge is 2.48. The Bertz CT molecular complexity index is 503. The predicted octanol–water partition coefficient (Wildman–Crippen LogP) is 3.25. The van der Waals surface area contributed by atoms with Gasteiger partial charge in [0.15, 0.2) is 0 Å². The fraction of sp³-hybridized carbons (Fsp3) is 0.600. The van der Waals surface area contributed by atoms with Gasteiger partial charge < -0.3 is 9.84 Å². The molecule has 0 aromatic heterocycles. The number of hydrogen-bond donors (Lipinski definition) is 1. The Hall–Kier alpha value is -1.27. The van der Waals surface area contributed by atoms with Crippen molar-refractivity contribution in [1.82, 2.24) is 4.90 Å². The van der Waals surface area contributed by atoms with Gasteiger partial charge in [-0.25, -0.2) is 0 Å². The molecule has 2 atom stereocenters. The van der Waals surface area contributed by atoms with Crippen LogP contribution in [-0.4, -0.2) is 35.1 Å². The van der Waals surface area contributed by atoms with Crippen molar-refractivity contribution in [2.45, 2.75) is 43.6 Å². The van der Waals surface area contributed by atoms with Crippen molar-refractivity contribution in [3.63, 3.8) is 0 Å². The number of benzene rings is 1. The lowest BCUT2D eigenvalue weighted by Crippen LogP contribution is -2.42. The summed E-state index contributed by atoms with van der Waals surface area (Å²) in [5.74, 6) is -0.195. The third kappa shape index (κ3) is 2.74. The Morgan fingerprint density at radius 3 is 2.57 bits per heavy atom. The lowest BCUT2D eigenvalue weighted by atomic mass is 9.95. The number of ether oxygens (including phenoxy) is 1. The van der Waals surface area contributed by atoms with Crippen LogP contribution in [0.25, 0.3) is 0 Å². The van der Waals surface area contributed by atoms with Crippen LogP contribution in [0.5, 0.6) is 5.75 Å². The number of aliphatic hydroxyl groups is 1. The Balaban J connectivity index is 1.76. The molecule has 0 radical (unpaired) electrons. The van der Waals surface area contributed by atoms with Crippen LogP contribution >= 0.6 is 0 Å².